The van der Waals surface area contributed by atoms with Crippen molar-refractivity contribution >= 4 is 35.0 Å². The predicted molar refractivity (Wildman–Crippen MR) is 124 cm³/mol. The molecule has 0 spiro atoms. The molecular formula is C24H33NO5S. The number of hydrogen-bond acceptors (Lipinski definition) is 6. The standard InChI is InChI=1S/C24H33NO5S/c1-9-14(2)30-19(26)13-25-21(28)18(31-22(25)29)12-15-10-16(23(3,4)5)20(27)17(11-15)24(6,7)8/h10-12,14,27H,9,13H2,1-8H3/b18-12-/t14-/m1/s1. The summed E-state index contributed by atoms with van der Waals surface area (Å²) in [5.41, 5.74) is 1.63. The van der Waals surface area contributed by atoms with Crippen molar-refractivity contribution in [3.8, 4) is 5.75 Å². The molecule has 0 unspecified atom stereocenters. The van der Waals surface area contributed by atoms with Gasteiger partial charge >= 0.3 is 5.97 Å². The largest absolute Gasteiger partial charge is 0.507 e. The third kappa shape index (κ3) is 5.91. The lowest BCUT2D eigenvalue weighted by atomic mass is 9.78. The molecule has 2 rings (SSSR count). The lowest BCUT2D eigenvalue weighted by Crippen LogP contribution is -2.35. The van der Waals surface area contributed by atoms with Crippen LogP contribution in [0.15, 0.2) is 17.0 Å². The molecule has 1 saturated heterocycles. The van der Waals surface area contributed by atoms with Gasteiger partial charge in [-0.3, -0.25) is 19.3 Å². The van der Waals surface area contributed by atoms with E-state index in [2.05, 4.69) is 0 Å². The smallest absolute Gasteiger partial charge is 0.326 e. The van der Waals surface area contributed by atoms with Crippen LogP contribution in [0.1, 0.15) is 78.5 Å². The van der Waals surface area contributed by atoms with Crippen LogP contribution in [0.5, 0.6) is 5.75 Å². The number of carbonyl (C=O) groups excluding carboxylic acids is 3. The van der Waals surface area contributed by atoms with Gasteiger partial charge in [-0.25, -0.2) is 0 Å². The molecule has 1 aromatic carbocycles. The molecule has 2 amide bonds. The third-order valence-corrected chi connectivity index (χ3v) is 6.02. The van der Waals surface area contributed by atoms with Crippen LogP contribution >= 0.6 is 11.8 Å². The van der Waals surface area contributed by atoms with Gasteiger partial charge in [0.05, 0.1) is 11.0 Å². The molecule has 0 radical (unpaired) electrons. The van der Waals surface area contributed by atoms with Crippen LogP contribution < -0.4 is 0 Å². The molecule has 0 bridgehead atoms. The molecule has 1 aliphatic heterocycles. The predicted octanol–water partition coefficient (Wildman–Crippen LogP) is 5.37. The normalized spacial score (nSPS) is 17.4. The molecular weight excluding hydrogens is 414 g/mol. The van der Waals surface area contributed by atoms with Gasteiger partial charge in [-0.15, -0.1) is 0 Å². The van der Waals surface area contributed by atoms with Crippen LogP contribution in [0.2, 0.25) is 0 Å². The topological polar surface area (TPSA) is 83.9 Å². The van der Waals surface area contributed by atoms with E-state index >= 15 is 0 Å². The molecule has 0 saturated carbocycles. The van der Waals surface area contributed by atoms with Crippen molar-refractivity contribution in [1.29, 1.82) is 0 Å². The number of rotatable bonds is 5. The maximum absolute atomic E-state index is 12.8. The minimum atomic E-state index is -0.604. The third-order valence-electron chi connectivity index (χ3n) is 5.11. The molecule has 7 heteroatoms. The second kappa shape index (κ2) is 9.07. The lowest BCUT2D eigenvalue weighted by Gasteiger charge is -2.28. The van der Waals surface area contributed by atoms with Crippen LogP contribution in [0.3, 0.4) is 0 Å². The van der Waals surface area contributed by atoms with Crippen molar-refractivity contribution in [3.05, 3.63) is 33.7 Å². The maximum Gasteiger partial charge on any atom is 0.326 e. The van der Waals surface area contributed by atoms with Crippen molar-refractivity contribution in [2.24, 2.45) is 0 Å². The van der Waals surface area contributed by atoms with E-state index in [0.29, 0.717) is 6.42 Å². The first-order valence-electron chi connectivity index (χ1n) is 10.5. The minimum Gasteiger partial charge on any atom is -0.507 e. The van der Waals surface area contributed by atoms with Crippen LogP contribution in [0, 0.1) is 0 Å². The number of carbonyl (C=O) groups is 3. The van der Waals surface area contributed by atoms with E-state index in [9.17, 15) is 19.5 Å². The first kappa shape index (κ1) is 25.0. The highest BCUT2D eigenvalue weighted by Crippen LogP contribution is 2.41. The first-order valence-corrected chi connectivity index (χ1v) is 11.3. The molecule has 170 valence electrons. The Morgan fingerprint density at radius 3 is 2.10 bits per heavy atom. The molecule has 1 N–H and O–H groups in total. The molecule has 0 aliphatic carbocycles. The Kier molecular flexibility index (Phi) is 7.31. The number of phenols is 1. The van der Waals surface area contributed by atoms with Gasteiger partial charge in [-0.05, 0) is 59.7 Å². The van der Waals surface area contributed by atoms with E-state index in [0.717, 1.165) is 33.4 Å². The SMILES string of the molecule is CC[C@@H](C)OC(=O)CN1C(=O)S/C(=C\c2cc(C(C)(C)C)c(O)c(C(C)(C)C)c2)C1=O. The maximum atomic E-state index is 12.8. The molecule has 31 heavy (non-hydrogen) atoms. The number of nitrogens with zero attached hydrogens (tertiary/aromatic N) is 1. The molecule has 0 aromatic heterocycles. The number of amides is 2. The fourth-order valence-electron chi connectivity index (χ4n) is 3.15. The van der Waals surface area contributed by atoms with E-state index in [1.54, 1.807) is 13.0 Å². The Morgan fingerprint density at radius 2 is 1.65 bits per heavy atom. The summed E-state index contributed by atoms with van der Waals surface area (Å²) in [6.45, 7) is 15.3. The Morgan fingerprint density at radius 1 is 1.13 bits per heavy atom. The van der Waals surface area contributed by atoms with Gasteiger partial charge in [-0.1, -0.05) is 48.5 Å². The summed E-state index contributed by atoms with van der Waals surface area (Å²) < 4.78 is 5.19. The highest BCUT2D eigenvalue weighted by molar-refractivity contribution is 8.18. The van der Waals surface area contributed by atoms with Crippen LogP contribution in [0.4, 0.5) is 4.79 Å². The van der Waals surface area contributed by atoms with Gasteiger partial charge in [0.15, 0.2) is 0 Å². The van der Waals surface area contributed by atoms with E-state index in [4.69, 9.17) is 4.74 Å². The number of aromatic hydroxyl groups is 1. The zero-order chi connectivity index (χ0) is 23.7. The zero-order valence-corrected chi connectivity index (χ0v) is 20.5. The van der Waals surface area contributed by atoms with Crippen LogP contribution in [-0.2, 0) is 25.2 Å². The van der Waals surface area contributed by atoms with Crippen LogP contribution in [-0.4, -0.2) is 39.8 Å². The second-order valence-electron chi connectivity index (χ2n) is 9.94. The summed E-state index contributed by atoms with van der Waals surface area (Å²) in [6, 6.07) is 3.69. The van der Waals surface area contributed by atoms with Crippen molar-refractivity contribution < 1.29 is 24.2 Å². The van der Waals surface area contributed by atoms with E-state index in [1.807, 2.05) is 60.6 Å². The number of thioether (sulfide) groups is 1. The van der Waals surface area contributed by atoms with E-state index in [1.165, 1.54) is 0 Å². The summed E-state index contributed by atoms with van der Waals surface area (Å²) in [5, 5.41) is 10.4. The number of hydrogen-bond donors (Lipinski definition) is 1. The molecule has 6 nitrogen and oxygen atoms in total. The number of esters is 1. The monoisotopic (exact) mass is 447 g/mol. The summed E-state index contributed by atoms with van der Waals surface area (Å²) >= 11 is 0.802. The first-order chi connectivity index (χ1) is 14.1. The Balaban J connectivity index is 2.40. The Labute approximate surface area is 189 Å². The summed E-state index contributed by atoms with van der Waals surface area (Å²) in [6.07, 6.45) is 2.03. The Bertz CT molecular complexity index is 886. The van der Waals surface area contributed by atoms with Gasteiger partial charge < -0.3 is 9.84 Å². The summed E-state index contributed by atoms with van der Waals surface area (Å²) in [5.74, 6) is -0.871. The van der Waals surface area contributed by atoms with Crippen molar-refractivity contribution in [1.82, 2.24) is 4.90 Å². The second-order valence-corrected chi connectivity index (χ2v) is 10.9. The van der Waals surface area contributed by atoms with Crippen molar-refractivity contribution in [2.75, 3.05) is 6.54 Å². The average Bonchev–Trinajstić information content (AvgIpc) is 2.88. The highest BCUT2D eigenvalue weighted by Gasteiger charge is 2.37. The number of ether oxygens (including phenoxy) is 1. The van der Waals surface area contributed by atoms with E-state index in [-0.39, 0.29) is 27.6 Å². The zero-order valence-electron chi connectivity index (χ0n) is 19.7. The van der Waals surface area contributed by atoms with Gasteiger partial charge in [0.2, 0.25) is 0 Å². The highest BCUT2D eigenvalue weighted by atomic mass is 32.2. The van der Waals surface area contributed by atoms with Gasteiger partial charge in [0.25, 0.3) is 11.1 Å². The molecule has 1 fully saturated rings. The minimum absolute atomic E-state index is 0.242. The van der Waals surface area contributed by atoms with Crippen LogP contribution in [0.25, 0.3) is 6.08 Å². The number of phenolic OH excluding ortho intramolecular Hbond substituents is 1. The average molecular weight is 448 g/mol. The summed E-state index contributed by atoms with van der Waals surface area (Å²) in [7, 11) is 0. The molecule has 1 heterocycles. The van der Waals surface area contributed by atoms with Gasteiger partial charge in [0, 0.05) is 11.1 Å². The lowest BCUT2D eigenvalue weighted by molar-refractivity contribution is -0.150. The molecule has 1 atom stereocenters. The quantitative estimate of drug-likeness (QED) is 0.483. The number of benzene rings is 1. The number of imide groups is 1. The molecule has 1 aromatic rings. The Hall–Kier alpha value is -2.28. The van der Waals surface area contributed by atoms with Gasteiger partial charge in [-0.2, -0.15) is 0 Å². The van der Waals surface area contributed by atoms with Crippen molar-refractivity contribution in [2.45, 2.75) is 78.7 Å². The summed E-state index contributed by atoms with van der Waals surface area (Å²) in [4.78, 5) is 38.4. The fraction of sp³-hybridized carbons (Fsp3) is 0.542. The van der Waals surface area contributed by atoms with Crippen molar-refractivity contribution in [3.63, 3.8) is 0 Å². The molecule has 1 aliphatic rings. The van der Waals surface area contributed by atoms with Gasteiger partial charge in [0.1, 0.15) is 12.3 Å². The van der Waals surface area contributed by atoms with E-state index < -0.39 is 23.7 Å². The fourth-order valence-corrected chi connectivity index (χ4v) is 3.98.